The van der Waals surface area contributed by atoms with Crippen LogP contribution in [0, 0.1) is 5.82 Å². The van der Waals surface area contributed by atoms with Gasteiger partial charge in [0.25, 0.3) is 0 Å². The van der Waals surface area contributed by atoms with Crippen LogP contribution in [0.25, 0.3) is 5.57 Å². The van der Waals surface area contributed by atoms with Gasteiger partial charge in [0, 0.05) is 77.1 Å². The van der Waals surface area contributed by atoms with Gasteiger partial charge >= 0.3 is 0 Å². The van der Waals surface area contributed by atoms with Crippen molar-refractivity contribution >= 4 is 16.9 Å². The minimum atomic E-state index is -0.821. The van der Waals surface area contributed by atoms with Crippen LogP contribution in [-0.2, 0) is 13.6 Å². The highest BCUT2D eigenvalue weighted by molar-refractivity contribution is 5.73. The van der Waals surface area contributed by atoms with Gasteiger partial charge in [0.05, 0.1) is 11.4 Å². The molecule has 2 aromatic rings. The standard InChI is InChI=1S/C21H31F2N3.C9H13N3/c1-25(2)20-12-18(23)16(13-24-19-10-5-4-9-17(19)22)11-21(20)26(3)14-15-7-6-8-15;1-3-4-8(7-10)9-11-5-6-12(9)2/h11-12,14,17,19,24H,4-10,13H2,1-3H3;3-6H,1,7,10H2,2H3/b;8-4-. The maximum atomic E-state index is 14.7. The molecule has 4 rings (SSSR count). The highest BCUT2D eigenvalue weighted by Crippen LogP contribution is 2.33. The number of aryl methyl sites for hydroxylation is 1. The molecule has 0 bridgehead atoms. The number of benzene rings is 1. The molecular formula is C30H44F2N6. The first-order valence-electron chi connectivity index (χ1n) is 13.5. The van der Waals surface area contributed by atoms with Crippen molar-refractivity contribution in [3.63, 3.8) is 0 Å². The highest BCUT2D eigenvalue weighted by atomic mass is 19.1. The van der Waals surface area contributed by atoms with Crippen molar-refractivity contribution in [2.45, 2.75) is 63.7 Å². The molecule has 2 aliphatic rings. The van der Waals surface area contributed by atoms with E-state index in [1.165, 1.54) is 12.0 Å². The molecule has 6 nitrogen and oxygen atoms in total. The van der Waals surface area contributed by atoms with Gasteiger partial charge in [-0.05, 0) is 44.2 Å². The Kier molecular flexibility index (Phi) is 11.1. The SMILES string of the molecule is C=C/C=C(/CN)c1nccn1C.CN(C)c1cc(F)c(CNC2CCCCC2F)cc1N(C)C=C1CCC1. The lowest BCUT2D eigenvalue weighted by Gasteiger charge is -2.29. The largest absolute Gasteiger partial charge is 0.376 e. The first-order chi connectivity index (χ1) is 18.2. The fourth-order valence-electron chi connectivity index (χ4n) is 4.83. The Hall–Kier alpha value is -2.97. The normalized spacial score (nSPS) is 19.2. The van der Waals surface area contributed by atoms with Crippen molar-refractivity contribution in [3.05, 3.63) is 72.2 Å². The van der Waals surface area contributed by atoms with E-state index in [-0.39, 0.29) is 11.9 Å². The molecule has 1 heterocycles. The number of nitrogens with one attached hydrogen (secondary N) is 1. The summed E-state index contributed by atoms with van der Waals surface area (Å²) < 4.78 is 30.6. The molecule has 0 amide bonds. The summed E-state index contributed by atoms with van der Waals surface area (Å²) in [5, 5.41) is 3.24. The van der Waals surface area contributed by atoms with Gasteiger partial charge in [-0.1, -0.05) is 37.1 Å². The van der Waals surface area contributed by atoms with Crippen molar-refractivity contribution in [1.82, 2.24) is 14.9 Å². The zero-order valence-electron chi connectivity index (χ0n) is 23.4. The Labute approximate surface area is 226 Å². The second-order valence-electron chi connectivity index (χ2n) is 10.4. The predicted octanol–water partition coefficient (Wildman–Crippen LogP) is 5.71. The van der Waals surface area contributed by atoms with Crippen molar-refractivity contribution in [3.8, 4) is 0 Å². The molecule has 0 spiro atoms. The van der Waals surface area contributed by atoms with Gasteiger partial charge in [0.1, 0.15) is 17.8 Å². The topological polar surface area (TPSA) is 62.4 Å². The molecule has 2 atom stereocenters. The predicted molar refractivity (Wildman–Crippen MR) is 155 cm³/mol. The van der Waals surface area contributed by atoms with Crippen molar-refractivity contribution in [1.29, 1.82) is 0 Å². The van der Waals surface area contributed by atoms with Crippen LogP contribution >= 0.6 is 0 Å². The summed E-state index contributed by atoms with van der Waals surface area (Å²) in [6.07, 6.45) is 15.6. The van der Waals surface area contributed by atoms with E-state index in [2.05, 4.69) is 28.0 Å². The van der Waals surface area contributed by atoms with E-state index in [1.54, 1.807) is 18.3 Å². The third kappa shape index (κ3) is 7.77. The fourth-order valence-corrected chi connectivity index (χ4v) is 4.83. The molecule has 0 aliphatic heterocycles. The van der Waals surface area contributed by atoms with E-state index < -0.39 is 6.17 Å². The first-order valence-corrected chi connectivity index (χ1v) is 13.5. The zero-order valence-corrected chi connectivity index (χ0v) is 23.4. The number of hydrogen-bond acceptors (Lipinski definition) is 5. The van der Waals surface area contributed by atoms with Gasteiger partial charge in [0.15, 0.2) is 0 Å². The third-order valence-electron chi connectivity index (χ3n) is 7.26. The molecule has 2 aliphatic carbocycles. The Balaban J connectivity index is 0.000000279. The lowest BCUT2D eigenvalue weighted by Crippen LogP contribution is -2.39. The summed E-state index contributed by atoms with van der Waals surface area (Å²) >= 11 is 0. The molecule has 1 aromatic heterocycles. The molecule has 208 valence electrons. The number of aromatic nitrogens is 2. The fraction of sp³-hybridized carbons (Fsp3) is 0.500. The quantitative estimate of drug-likeness (QED) is 0.410. The minimum absolute atomic E-state index is 0.157. The molecule has 2 fully saturated rings. The second-order valence-corrected chi connectivity index (χ2v) is 10.4. The van der Waals surface area contributed by atoms with Crippen LogP contribution in [0.4, 0.5) is 20.2 Å². The zero-order chi connectivity index (χ0) is 27.7. The van der Waals surface area contributed by atoms with E-state index in [9.17, 15) is 8.78 Å². The van der Waals surface area contributed by atoms with Gasteiger partial charge in [-0.15, -0.1) is 0 Å². The summed E-state index contributed by atoms with van der Waals surface area (Å²) in [6.45, 7) is 4.47. The Bertz CT molecular complexity index is 1110. The molecule has 2 saturated carbocycles. The molecule has 0 radical (unpaired) electrons. The van der Waals surface area contributed by atoms with Crippen LogP contribution in [0.1, 0.15) is 56.3 Å². The molecule has 0 saturated heterocycles. The molecule has 2 unspecified atom stereocenters. The molecule has 8 heteroatoms. The van der Waals surface area contributed by atoms with Crippen molar-refractivity contribution in [2.24, 2.45) is 12.8 Å². The molecular weight excluding hydrogens is 482 g/mol. The Morgan fingerprint density at radius 2 is 1.92 bits per heavy atom. The van der Waals surface area contributed by atoms with E-state index >= 15 is 0 Å². The molecule has 1 aromatic carbocycles. The number of nitrogens with zero attached hydrogens (tertiary/aromatic N) is 4. The van der Waals surface area contributed by atoms with E-state index in [0.717, 1.165) is 54.9 Å². The minimum Gasteiger partial charge on any atom is -0.376 e. The van der Waals surface area contributed by atoms with E-state index in [0.29, 0.717) is 25.1 Å². The lowest BCUT2D eigenvalue weighted by molar-refractivity contribution is 0.188. The van der Waals surface area contributed by atoms with Crippen LogP contribution in [0.5, 0.6) is 0 Å². The van der Waals surface area contributed by atoms with Gasteiger partial charge in [-0.2, -0.15) is 0 Å². The third-order valence-corrected chi connectivity index (χ3v) is 7.26. The lowest BCUT2D eigenvalue weighted by atomic mass is 9.93. The summed E-state index contributed by atoms with van der Waals surface area (Å²) in [5.74, 6) is 0.665. The number of imidazole rings is 1. The van der Waals surface area contributed by atoms with Crippen molar-refractivity contribution < 1.29 is 8.78 Å². The summed E-state index contributed by atoms with van der Waals surface area (Å²) in [5.41, 5.74) is 10.4. The van der Waals surface area contributed by atoms with Gasteiger partial charge in [0.2, 0.25) is 0 Å². The Morgan fingerprint density at radius 1 is 1.18 bits per heavy atom. The molecule has 3 N–H and O–H groups in total. The van der Waals surface area contributed by atoms with Gasteiger partial charge < -0.3 is 25.4 Å². The Morgan fingerprint density at radius 3 is 2.47 bits per heavy atom. The number of hydrogen-bond donors (Lipinski definition) is 2. The maximum Gasteiger partial charge on any atom is 0.136 e. The summed E-state index contributed by atoms with van der Waals surface area (Å²) in [4.78, 5) is 8.20. The highest BCUT2D eigenvalue weighted by Gasteiger charge is 2.24. The van der Waals surface area contributed by atoms with Crippen molar-refractivity contribution in [2.75, 3.05) is 37.5 Å². The number of nitrogens with two attached hydrogens (primary N) is 1. The number of alkyl halides is 1. The number of rotatable bonds is 9. The number of halogens is 2. The van der Waals surface area contributed by atoms with Crippen LogP contribution < -0.4 is 20.9 Å². The van der Waals surface area contributed by atoms with Crippen LogP contribution in [0.15, 0.2) is 55.0 Å². The van der Waals surface area contributed by atoms with Crippen LogP contribution in [0.3, 0.4) is 0 Å². The van der Waals surface area contributed by atoms with Crippen LogP contribution in [-0.4, -0.2) is 49.5 Å². The van der Waals surface area contributed by atoms with Crippen LogP contribution in [0.2, 0.25) is 0 Å². The maximum absolute atomic E-state index is 14.7. The summed E-state index contributed by atoms with van der Waals surface area (Å²) in [7, 11) is 7.81. The first kappa shape index (κ1) is 29.6. The average molecular weight is 527 g/mol. The number of allylic oxidation sites excluding steroid dienone is 3. The second kappa shape index (κ2) is 14.3. The van der Waals surface area contributed by atoms with Gasteiger partial charge in [-0.3, -0.25) is 0 Å². The monoisotopic (exact) mass is 526 g/mol. The summed E-state index contributed by atoms with van der Waals surface area (Å²) in [6, 6.07) is 3.34. The van der Waals surface area contributed by atoms with E-state index in [1.807, 2.05) is 56.0 Å². The average Bonchev–Trinajstić information content (AvgIpc) is 3.30. The molecule has 38 heavy (non-hydrogen) atoms. The van der Waals surface area contributed by atoms with Gasteiger partial charge in [-0.25, -0.2) is 13.8 Å². The van der Waals surface area contributed by atoms with E-state index in [4.69, 9.17) is 5.73 Å². The smallest absolute Gasteiger partial charge is 0.136 e. The number of anilines is 2.